The van der Waals surface area contributed by atoms with Crippen LogP contribution in [0.25, 0.3) is 10.4 Å². The molecular formula is C11H10F4N4O5S2. The van der Waals surface area contributed by atoms with Gasteiger partial charge in [0.25, 0.3) is 10.1 Å². The van der Waals surface area contributed by atoms with E-state index in [0.717, 1.165) is 0 Å². The molecule has 0 saturated heterocycles. The van der Waals surface area contributed by atoms with Gasteiger partial charge in [-0.1, -0.05) is 11.7 Å². The van der Waals surface area contributed by atoms with E-state index in [1.54, 1.807) is 4.72 Å². The minimum Gasteiger partial charge on any atom is -0.267 e. The molecule has 0 aliphatic rings. The lowest BCUT2D eigenvalue weighted by Gasteiger charge is -2.11. The molecule has 0 spiro atoms. The molecule has 0 aliphatic carbocycles. The van der Waals surface area contributed by atoms with E-state index in [1.807, 2.05) is 4.91 Å². The topological polar surface area (TPSA) is 138 Å². The van der Waals surface area contributed by atoms with Crippen molar-refractivity contribution >= 4 is 25.8 Å². The number of hydrogen-bond donors (Lipinski definition) is 1. The molecule has 0 bridgehead atoms. The van der Waals surface area contributed by atoms with Crippen LogP contribution in [0.15, 0.2) is 22.0 Å². The van der Waals surface area contributed by atoms with Gasteiger partial charge >= 0.3 is 0 Å². The zero-order valence-corrected chi connectivity index (χ0v) is 14.3. The first-order valence-corrected chi connectivity index (χ1v) is 9.36. The summed E-state index contributed by atoms with van der Waals surface area (Å²) in [5.41, 5.74) is 6.45. The lowest BCUT2D eigenvalue weighted by Crippen LogP contribution is -2.28. The number of nitrogens with one attached hydrogen (secondary N) is 1. The maximum Gasteiger partial charge on any atom is 0.289 e. The fourth-order valence-corrected chi connectivity index (χ4v) is 3.20. The Bertz CT molecular complexity index is 946. The second-order valence-corrected chi connectivity index (χ2v) is 7.61. The Kier molecular flexibility index (Phi) is 7.11. The first-order chi connectivity index (χ1) is 12.0. The van der Waals surface area contributed by atoms with Crippen molar-refractivity contribution in [2.45, 2.75) is 11.3 Å². The lowest BCUT2D eigenvalue weighted by atomic mass is 10.2. The third kappa shape index (κ3) is 4.92. The van der Waals surface area contributed by atoms with E-state index >= 15 is 0 Å². The average molecular weight is 418 g/mol. The Morgan fingerprint density at radius 3 is 2.12 bits per heavy atom. The summed E-state index contributed by atoms with van der Waals surface area (Å²) < 4.78 is 106. The molecule has 1 aromatic carbocycles. The van der Waals surface area contributed by atoms with E-state index in [1.165, 1.54) is 0 Å². The summed E-state index contributed by atoms with van der Waals surface area (Å²) in [7, 11) is -9.05. The largest absolute Gasteiger partial charge is 0.289 e. The first kappa shape index (κ1) is 21.9. The van der Waals surface area contributed by atoms with Crippen LogP contribution in [-0.2, 0) is 24.3 Å². The van der Waals surface area contributed by atoms with Crippen LogP contribution in [0.2, 0.25) is 0 Å². The molecule has 144 valence electrons. The van der Waals surface area contributed by atoms with Gasteiger partial charge in [0, 0.05) is 11.5 Å². The highest BCUT2D eigenvalue weighted by atomic mass is 32.2. The molecule has 15 heteroatoms. The number of hydrogen-bond acceptors (Lipinski definition) is 6. The highest BCUT2D eigenvalue weighted by Gasteiger charge is 2.32. The molecule has 0 saturated carbocycles. The van der Waals surface area contributed by atoms with E-state index in [4.69, 9.17) is 5.53 Å². The monoisotopic (exact) mass is 418 g/mol. The summed E-state index contributed by atoms with van der Waals surface area (Å²) in [5, 5.41) is 2.92. The predicted octanol–water partition coefficient (Wildman–Crippen LogP) is 2.34. The van der Waals surface area contributed by atoms with Crippen molar-refractivity contribution in [1.82, 2.24) is 4.72 Å². The normalized spacial score (nSPS) is 11.8. The maximum atomic E-state index is 13.8. The molecule has 0 amide bonds. The molecule has 0 aliphatic heterocycles. The molecule has 0 fully saturated rings. The van der Waals surface area contributed by atoms with Gasteiger partial charge in [-0.15, -0.1) is 0 Å². The van der Waals surface area contributed by atoms with Crippen molar-refractivity contribution in [3.05, 3.63) is 45.7 Å². The summed E-state index contributed by atoms with van der Waals surface area (Å²) in [6, 6.07) is 0. The van der Waals surface area contributed by atoms with Crippen molar-refractivity contribution < 1.29 is 38.6 Å². The van der Waals surface area contributed by atoms with Crippen molar-refractivity contribution in [3.63, 3.8) is 0 Å². The van der Waals surface area contributed by atoms with Crippen molar-refractivity contribution in [2.24, 2.45) is 5.11 Å². The Labute approximate surface area is 145 Å². The lowest BCUT2D eigenvalue weighted by molar-refractivity contribution is 0.318. The summed E-state index contributed by atoms with van der Waals surface area (Å²) >= 11 is 0. The smallest absolute Gasteiger partial charge is 0.267 e. The summed E-state index contributed by atoms with van der Waals surface area (Å²) in [5.74, 6) is -8.96. The summed E-state index contributed by atoms with van der Waals surface area (Å²) in [6.07, 6.45) is -0.267. The quantitative estimate of drug-likeness (QED) is 0.125. The summed E-state index contributed by atoms with van der Waals surface area (Å²) in [6.45, 7) is 1.88. The fourth-order valence-electron chi connectivity index (χ4n) is 1.54. The molecule has 0 radical (unpaired) electrons. The van der Waals surface area contributed by atoms with Crippen LogP contribution in [0.5, 0.6) is 0 Å². The van der Waals surface area contributed by atoms with Gasteiger partial charge < -0.3 is 0 Å². The zero-order chi connectivity index (χ0) is 20.1. The van der Waals surface area contributed by atoms with Gasteiger partial charge in [0.05, 0.1) is 12.0 Å². The number of azide groups is 1. The van der Waals surface area contributed by atoms with Crippen molar-refractivity contribution in [3.8, 4) is 0 Å². The molecule has 1 aromatic rings. The molecule has 1 rings (SSSR count). The number of benzene rings is 1. The van der Waals surface area contributed by atoms with Gasteiger partial charge in [0.15, 0.2) is 28.2 Å². The van der Waals surface area contributed by atoms with Crippen LogP contribution in [0.4, 0.5) is 23.2 Å². The standard InChI is InChI=1S/C11H10F4N4O5S2/c1-2-25(20,21)24-5-3-4-17-26(22,23)11-8(14)6(12)10(18-19-16)7(13)9(11)15/h2,17H,1,3-5H2. The Balaban J connectivity index is 3.03. The van der Waals surface area contributed by atoms with Crippen LogP contribution in [0, 0.1) is 23.3 Å². The highest BCUT2D eigenvalue weighted by Crippen LogP contribution is 2.32. The molecule has 0 heterocycles. The predicted molar refractivity (Wildman–Crippen MR) is 80.0 cm³/mol. The first-order valence-electron chi connectivity index (χ1n) is 6.41. The SMILES string of the molecule is C=CS(=O)(=O)OCCCNS(=O)(=O)c1c(F)c(F)c(N=[N+]=[N-])c(F)c1F. The number of sulfonamides is 1. The molecule has 0 unspecified atom stereocenters. The number of rotatable bonds is 9. The third-order valence-corrected chi connectivity index (χ3v) is 5.06. The third-order valence-electron chi connectivity index (χ3n) is 2.68. The maximum absolute atomic E-state index is 13.8. The van der Waals surface area contributed by atoms with E-state index < -0.39 is 67.1 Å². The Morgan fingerprint density at radius 1 is 1.12 bits per heavy atom. The molecule has 9 nitrogen and oxygen atoms in total. The fraction of sp³-hybridized carbons (Fsp3) is 0.273. The zero-order valence-electron chi connectivity index (χ0n) is 12.6. The minimum absolute atomic E-state index is 0.267. The Morgan fingerprint density at radius 2 is 1.65 bits per heavy atom. The van der Waals surface area contributed by atoms with Gasteiger partial charge in [-0.25, -0.2) is 30.7 Å². The van der Waals surface area contributed by atoms with Gasteiger partial charge in [0.2, 0.25) is 10.0 Å². The van der Waals surface area contributed by atoms with E-state index in [2.05, 4.69) is 15.9 Å². The van der Waals surface area contributed by atoms with E-state index in [0.29, 0.717) is 5.41 Å². The second kappa shape index (κ2) is 8.46. The van der Waals surface area contributed by atoms with Gasteiger partial charge in [0.1, 0.15) is 5.69 Å². The molecule has 1 N–H and O–H groups in total. The number of nitrogens with zero attached hydrogens (tertiary/aromatic N) is 3. The van der Waals surface area contributed by atoms with Gasteiger partial charge in [-0.3, -0.25) is 4.18 Å². The van der Waals surface area contributed by atoms with Crippen LogP contribution >= 0.6 is 0 Å². The highest BCUT2D eigenvalue weighted by molar-refractivity contribution is 7.89. The second-order valence-electron chi connectivity index (χ2n) is 4.36. The summed E-state index contributed by atoms with van der Waals surface area (Å²) in [4.78, 5) is 0.0205. The Hall–Kier alpha value is -2.19. The van der Waals surface area contributed by atoms with Gasteiger partial charge in [-0.05, 0) is 12.0 Å². The van der Waals surface area contributed by atoms with Crippen LogP contribution in [0.3, 0.4) is 0 Å². The van der Waals surface area contributed by atoms with Crippen molar-refractivity contribution in [1.29, 1.82) is 0 Å². The molecule has 26 heavy (non-hydrogen) atoms. The van der Waals surface area contributed by atoms with E-state index in [9.17, 15) is 34.4 Å². The van der Waals surface area contributed by atoms with E-state index in [-0.39, 0.29) is 6.42 Å². The van der Waals surface area contributed by atoms with Gasteiger partial charge in [-0.2, -0.15) is 8.42 Å². The van der Waals surface area contributed by atoms with Crippen LogP contribution < -0.4 is 4.72 Å². The number of halogens is 4. The molecule has 0 atom stereocenters. The van der Waals surface area contributed by atoms with Crippen LogP contribution in [-0.4, -0.2) is 30.0 Å². The van der Waals surface area contributed by atoms with Crippen LogP contribution in [0.1, 0.15) is 6.42 Å². The molecular weight excluding hydrogens is 408 g/mol. The molecule has 0 aromatic heterocycles. The average Bonchev–Trinajstić information content (AvgIpc) is 2.56. The minimum atomic E-state index is -5.06. The van der Waals surface area contributed by atoms with Crippen molar-refractivity contribution in [2.75, 3.05) is 13.2 Å².